The van der Waals surface area contributed by atoms with E-state index in [2.05, 4.69) is 50.6 Å². The van der Waals surface area contributed by atoms with Crippen molar-refractivity contribution < 1.29 is 12.4 Å². The van der Waals surface area contributed by atoms with E-state index in [1.165, 1.54) is 6.16 Å². The van der Waals surface area contributed by atoms with Gasteiger partial charge in [-0.3, -0.25) is 0 Å². The minimum atomic E-state index is -0.776. The van der Waals surface area contributed by atoms with Gasteiger partial charge in [-0.2, -0.15) is 0 Å². The summed E-state index contributed by atoms with van der Waals surface area (Å²) in [5.74, 6) is 0. The number of halogens is 1. The topological polar surface area (TPSA) is 0 Å². The molecule has 1 rings (SSSR count). The van der Waals surface area contributed by atoms with Crippen molar-refractivity contribution in [2.75, 3.05) is 19.5 Å². The maximum absolute atomic E-state index is 2.39. The van der Waals surface area contributed by atoms with E-state index in [-0.39, 0.29) is 12.4 Å². The van der Waals surface area contributed by atoms with Gasteiger partial charge in [-0.25, -0.2) is 0 Å². The standard InChI is InChI=1S/C10H16P.ClH/c1-4-11(2,3)10-8-6-5-7-9-10;/h5-9H,4H2,1-3H3;1H/q+1;/p-1. The zero-order valence-corrected chi connectivity index (χ0v) is 9.57. The summed E-state index contributed by atoms with van der Waals surface area (Å²) < 4.78 is 0. The third-order valence-electron chi connectivity index (χ3n) is 2.25. The van der Waals surface area contributed by atoms with Crippen LogP contribution in [0.4, 0.5) is 0 Å². The summed E-state index contributed by atoms with van der Waals surface area (Å²) in [6.07, 6.45) is 1.30. The number of rotatable bonds is 2. The number of hydrogen-bond acceptors (Lipinski definition) is 0. The van der Waals surface area contributed by atoms with E-state index < -0.39 is 7.26 Å². The Labute approximate surface area is 82.1 Å². The first kappa shape index (κ1) is 11.9. The molecule has 0 saturated carbocycles. The number of hydrogen-bond donors (Lipinski definition) is 0. The molecule has 0 unspecified atom stereocenters. The van der Waals surface area contributed by atoms with Crippen molar-refractivity contribution in [2.45, 2.75) is 6.92 Å². The van der Waals surface area contributed by atoms with Gasteiger partial charge in [0.05, 0.1) is 24.8 Å². The Morgan fingerprint density at radius 2 is 1.58 bits per heavy atom. The monoisotopic (exact) mass is 202 g/mol. The van der Waals surface area contributed by atoms with Crippen molar-refractivity contribution in [3.8, 4) is 0 Å². The Hall–Kier alpha value is -0.0600. The fourth-order valence-electron chi connectivity index (χ4n) is 1.01. The summed E-state index contributed by atoms with van der Waals surface area (Å²) in [4.78, 5) is 0. The van der Waals surface area contributed by atoms with Crippen LogP contribution in [0.2, 0.25) is 0 Å². The maximum Gasteiger partial charge on any atom is 0.0933 e. The van der Waals surface area contributed by atoms with Crippen LogP contribution in [0.15, 0.2) is 30.3 Å². The molecule has 68 valence electrons. The van der Waals surface area contributed by atoms with E-state index in [0.717, 1.165) is 0 Å². The van der Waals surface area contributed by atoms with E-state index in [0.29, 0.717) is 0 Å². The molecule has 0 radical (unpaired) electrons. The van der Waals surface area contributed by atoms with Crippen molar-refractivity contribution >= 4 is 12.6 Å². The lowest BCUT2D eigenvalue weighted by Crippen LogP contribution is -3.00. The molecule has 2 heteroatoms. The lowest BCUT2D eigenvalue weighted by molar-refractivity contribution is -0.00000246. The molecular formula is C10H16ClP. The van der Waals surface area contributed by atoms with E-state index in [9.17, 15) is 0 Å². The Morgan fingerprint density at radius 3 is 2.00 bits per heavy atom. The third-order valence-corrected chi connectivity index (χ3v) is 5.52. The van der Waals surface area contributed by atoms with Gasteiger partial charge in [0.2, 0.25) is 0 Å². The van der Waals surface area contributed by atoms with Crippen molar-refractivity contribution in [2.24, 2.45) is 0 Å². The molecule has 0 N–H and O–H groups in total. The minimum absolute atomic E-state index is 0. The predicted molar refractivity (Wildman–Crippen MR) is 55.4 cm³/mol. The summed E-state index contributed by atoms with van der Waals surface area (Å²) in [5.41, 5.74) is 0. The van der Waals surface area contributed by atoms with E-state index >= 15 is 0 Å². The van der Waals surface area contributed by atoms with Gasteiger partial charge in [-0.05, 0) is 19.1 Å². The van der Waals surface area contributed by atoms with Crippen LogP contribution < -0.4 is 17.7 Å². The van der Waals surface area contributed by atoms with Crippen LogP contribution >= 0.6 is 7.26 Å². The Morgan fingerprint density at radius 1 is 1.08 bits per heavy atom. The predicted octanol–water partition coefficient (Wildman–Crippen LogP) is -0.387. The summed E-state index contributed by atoms with van der Waals surface area (Å²) in [7, 11) is -0.776. The van der Waals surface area contributed by atoms with Crippen LogP contribution in [0.3, 0.4) is 0 Å². The van der Waals surface area contributed by atoms with Crippen LogP contribution in [0, 0.1) is 0 Å². The molecule has 0 aliphatic carbocycles. The highest BCUT2D eigenvalue weighted by atomic mass is 35.5. The molecule has 0 spiro atoms. The summed E-state index contributed by atoms with van der Waals surface area (Å²) in [5, 5.41) is 1.54. The molecule has 0 aliphatic rings. The second-order valence-corrected chi connectivity index (χ2v) is 7.86. The second-order valence-electron chi connectivity index (χ2n) is 3.34. The van der Waals surface area contributed by atoms with Gasteiger partial charge < -0.3 is 12.4 Å². The average Bonchev–Trinajstić information content (AvgIpc) is 2.06. The third kappa shape index (κ3) is 2.77. The van der Waals surface area contributed by atoms with Crippen molar-refractivity contribution in [3.63, 3.8) is 0 Å². The molecule has 0 amide bonds. The molecule has 12 heavy (non-hydrogen) atoms. The molecule has 0 atom stereocenters. The Balaban J connectivity index is 0.00000121. The van der Waals surface area contributed by atoms with Crippen molar-refractivity contribution in [3.05, 3.63) is 30.3 Å². The highest BCUT2D eigenvalue weighted by Gasteiger charge is 2.24. The summed E-state index contributed by atoms with van der Waals surface area (Å²) in [6, 6.07) is 10.8. The second kappa shape index (κ2) is 4.84. The highest BCUT2D eigenvalue weighted by Crippen LogP contribution is 2.48. The van der Waals surface area contributed by atoms with Crippen LogP contribution in [0.25, 0.3) is 0 Å². The quantitative estimate of drug-likeness (QED) is 0.574. The lowest BCUT2D eigenvalue weighted by atomic mass is 10.4. The van der Waals surface area contributed by atoms with Crippen LogP contribution in [-0.4, -0.2) is 19.5 Å². The summed E-state index contributed by atoms with van der Waals surface area (Å²) >= 11 is 0. The molecule has 1 aromatic rings. The SMILES string of the molecule is CC[P+](C)(C)c1ccccc1.[Cl-]. The first-order valence-electron chi connectivity index (χ1n) is 4.05. The molecule has 1 aromatic carbocycles. The molecule has 0 heterocycles. The molecule has 0 aromatic heterocycles. The van der Waals surface area contributed by atoms with Crippen molar-refractivity contribution in [1.29, 1.82) is 0 Å². The Bertz CT molecular complexity index is 219. The molecular weight excluding hydrogens is 187 g/mol. The average molecular weight is 203 g/mol. The Kier molecular flexibility index (Phi) is 4.82. The molecule has 0 aliphatic heterocycles. The lowest BCUT2D eigenvalue weighted by Gasteiger charge is -2.14. The van der Waals surface area contributed by atoms with Gasteiger partial charge >= 0.3 is 0 Å². The highest BCUT2D eigenvalue weighted by molar-refractivity contribution is 7.81. The van der Waals surface area contributed by atoms with Crippen LogP contribution in [0.5, 0.6) is 0 Å². The van der Waals surface area contributed by atoms with E-state index in [1.54, 1.807) is 5.30 Å². The molecule has 0 bridgehead atoms. The van der Waals surface area contributed by atoms with Gasteiger partial charge in [0, 0.05) is 7.26 Å². The first-order chi connectivity index (χ1) is 5.17. The molecule has 0 saturated heterocycles. The summed E-state index contributed by atoms with van der Waals surface area (Å²) in [6.45, 7) is 7.06. The van der Waals surface area contributed by atoms with Crippen LogP contribution in [-0.2, 0) is 0 Å². The van der Waals surface area contributed by atoms with Crippen molar-refractivity contribution in [1.82, 2.24) is 0 Å². The number of benzene rings is 1. The first-order valence-corrected chi connectivity index (χ1v) is 6.92. The maximum atomic E-state index is 2.39. The minimum Gasteiger partial charge on any atom is -1.00 e. The van der Waals surface area contributed by atoms with Crippen LogP contribution in [0.1, 0.15) is 6.92 Å². The van der Waals surface area contributed by atoms with Gasteiger partial charge in [-0.15, -0.1) is 0 Å². The van der Waals surface area contributed by atoms with E-state index in [4.69, 9.17) is 0 Å². The van der Waals surface area contributed by atoms with E-state index in [1.807, 2.05) is 0 Å². The van der Waals surface area contributed by atoms with Gasteiger partial charge in [0.25, 0.3) is 0 Å². The fourth-order valence-corrected chi connectivity index (χ4v) is 2.36. The molecule has 0 nitrogen and oxygen atoms in total. The zero-order valence-electron chi connectivity index (χ0n) is 7.92. The largest absolute Gasteiger partial charge is 1.00 e. The zero-order chi connectivity index (χ0) is 8.32. The normalized spacial score (nSPS) is 10.6. The van der Waals surface area contributed by atoms with Gasteiger partial charge in [0.1, 0.15) is 0 Å². The fraction of sp³-hybridized carbons (Fsp3) is 0.400. The molecule has 0 fully saturated rings. The van der Waals surface area contributed by atoms with Gasteiger partial charge in [0.15, 0.2) is 0 Å². The van der Waals surface area contributed by atoms with Gasteiger partial charge in [-0.1, -0.05) is 18.2 Å². The smallest absolute Gasteiger partial charge is 0.0933 e.